The van der Waals surface area contributed by atoms with E-state index in [1.165, 1.54) is 4.90 Å². The van der Waals surface area contributed by atoms with Crippen LogP contribution in [0.5, 0.6) is 0 Å². The molecule has 1 heterocycles. The van der Waals surface area contributed by atoms with Gasteiger partial charge in [-0.1, -0.05) is 6.92 Å². The van der Waals surface area contributed by atoms with Gasteiger partial charge in [-0.05, 0) is 26.9 Å². The number of aliphatic hydroxyl groups excluding tert-OH is 1. The van der Waals surface area contributed by atoms with E-state index in [0.29, 0.717) is 19.4 Å². The number of carboxylic acid groups (broad SMARTS) is 1. The summed E-state index contributed by atoms with van der Waals surface area (Å²) >= 11 is 0. The van der Waals surface area contributed by atoms with Crippen LogP contribution < -0.4 is 5.32 Å². The van der Waals surface area contributed by atoms with Crippen LogP contribution in [0.25, 0.3) is 0 Å². The normalized spacial score (nSPS) is 24.6. The lowest BCUT2D eigenvalue weighted by Crippen LogP contribution is -2.51. The van der Waals surface area contributed by atoms with Crippen LogP contribution in [0.15, 0.2) is 0 Å². The average Bonchev–Trinajstić information content (AvgIpc) is 2.65. The van der Waals surface area contributed by atoms with Gasteiger partial charge < -0.3 is 25.3 Å². The second-order valence-corrected chi connectivity index (χ2v) is 5.21. The van der Waals surface area contributed by atoms with Crippen LogP contribution in [0.2, 0.25) is 0 Å². The second kappa shape index (κ2) is 6.72. The lowest BCUT2D eigenvalue weighted by Gasteiger charge is -2.28. The summed E-state index contributed by atoms with van der Waals surface area (Å²) in [5, 5.41) is 21.1. The highest BCUT2D eigenvalue weighted by molar-refractivity contribution is 5.82. The molecule has 7 nitrogen and oxygen atoms in total. The quantitative estimate of drug-likeness (QED) is 0.631. The highest BCUT2D eigenvalue weighted by Gasteiger charge is 2.35. The molecule has 3 atom stereocenters. The zero-order chi connectivity index (χ0) is 14.6. The number of nitrogens with zero attached hydrogens (tertiary/aromatic N) is 2. The standard InChI is InChI=1S/C12H23N3O4/c1-4-10(11(17)18)13-12(19)15-7-9(16)5-8(15)6-14(2)3/h8-10,16H,4-7H2,1-3H3,(H,13,19)(H,17,18)/t8?,9?,10-/m1/s1. The molecule has 7 heteroatoms. The summed E-state index contributed by atoms with van der Waals surface area (Å²) in [5.74, 6) is -1.04. The smallest absolute Gasteiger partial charge is 0.326 e. The third-order valence-corrected chi connectivity index (χ3v) is 3.23. The molecule has 1 fully saturated rings. The lowest BCUT2D eigenvalue weighted by atomic mass is 10.2. The number of aliphatic hydroxyl groups is 1. The van der Waals surface area contributed by atoms with Gasteiger partial charge in [0.05, 0.1) is 6.10 Å². The van der Waals surface area contributed by atoms with Crippen molar-refractivity contribution < 1.29 is 19.8 Å². The molecule has 0 aromatic rings. The number of likely N-dealkylation sites (tertiary alicyclic amines) is 1. The highest BCUT2D eigenvalue weighted by Crippen LogP contribution is 2.18. The third-order valence-electron chi connectivity index (χ3n) is 3.23. The van der Waals surface area contributed by atoms with Gasteiger partial charge in [-0.15, -0.1) is 0 Å². The number of nitrogens with one attached hydrogen (secondary N) is 1. The number of carbonyl (C=O) groups excluding carboxylic acids is 1. The van der Waals surface area contributed by atoms with E-state index in [4.69, 9.17) is 5.11 Å². The second-order valence-electron chi connectivity index (χ2n) is 5.21. The van der Waals surface area contributed by atoms with Crippen LogP contribution in [-0.2, 0) is 4.79 Å². The number of hydrogen-bond acceptors (Lipinski definition) is 4. The fraction of sp³-hybridized carbons (Fsp3) is 0.833. The van der Waals surface area contributed by atoms with E-state index in [1.54, 1.807) is 6.92 Å². The lowest BCUT2D eigenvalue weighted by molar-refractivity contribution is -0.139. The molecule has 0 aromatic heterocycles. The minimum atomic E-state index is -1.04. The first kappa shape index (κ1) is 15.7. The Balaban J connectivity index is 2.65. The summed E-state index contributed by atoms with van der Waals surface area (Å²) in [5.41, 5.74) is 0. The minimum Gasteiger partial charge on any atom is -0.480 e. The summed E-state index contributed by atoms with van der Waals surface area (Å²) in [4.78, 5) is 26.5. The first-order chi connectivity index (χ1) is 8.85. The minimum absolute atomic E-state index is 0.0868. The summed E-state index contributed by atoms with van der Waals surface area (Å²) in [6.07, 6.45) is 0.311. The van der Waals surface area contributed by atoms with Crippen LogP contribution in [0.4, 0.5) is 4.79 Å². The van der Waals surface area contributed by atoms with Crippen LogP contribution in [-0.4, -0.2) is 77.4 Å². The first-order valence-corrected chi connectivity index (χ1v) is 6.47. The van der Waals surface area contributed by atoms with Crippen molar-refractivity contribution in [3.63, 3.8) is 0 Å². The van der Waals surface area contributed by atoms with Crippen molar-refractivity contribution in [3.8, 4) is 0 Å². The van der Waals surface area contributed by atoms with E-state index in [1.807, 2.05) is 19.0 Å². The maximum Gasteiger partial charge on any atom is 0.326 e. The molecule has 0 aromatic carbocycles. The fourth-order valence-corrected chi connectivity index (χ4v) is 2.31. The van der Waals surface area contributed by atoms with Crippen molar-refractivity contribution in [1.82, 2.24) is 15.1 Å². The molecular formula is C12H23N3O4. The van der Waals surface area contributed by atoms with Gasteiger partial charge in [-0.25, -0.2) is 9.59 Å². The zero-order valence-corrected chi connectivity index (χ0v) is 11.7. The van der Waals surface area contributed by atoms with Crippen LogP contribution >= 0.6 is 0 Å². The Bertz CT molecular complexity index is 335. The maximum absolute atomic E-state index is 12.1. The van der Waals surface area contributed by atoms with Gasteiger partial charge in [0.1, 0.15) is 6.04 Å². The molecule has 110 valence electrons. The maximum atomic E-state index is 12.1. The molecule has 0 aliphatic carbocycles. The number of amides is 2. The predicted molar refractivity (Wildman–Crippen MR) is 69.9 cm³/mol. The number of β-amino-alcohol motifs (C(OH)–C–C–N with tert-alkyl or cyclic N) is 1. The Labute approximate surface area is 113 Å². The van der Waals surface area contributed by atoms with E-state index in [9.17, 15) is 14.7 Å². The van der Waals surface area contributed by atoms with Gasteiger partial charge in [-0.2, -0.15) is 0 Å². The summed E-state index contributed by atoms with van der Waals surface area (Å²) in [7, 11) is 3.79. The Morgan fingerprint density at radius 3 is 2.58 bits per heavy atom. The van der Waals surface area contributed by atoms with Crippen LogP contribution in [0, 0.1) is 0 Å². The van der Waals surface area contributed by atoms with Crippen molar-refractivity contribution in [3.05, 3.63) is 0 Å². The topological polar surface area (TPSA) is 93.1 Å². The number of aliphatic carboxylic acids is 1. The van der Waals surface area contributed by atoms with Gasteiger partial charge in [-0.3, -0.25) is 0 Å². The van der Waals surface area contributed by atoms with E-state index < -0.39 is 24.1 Å². The highest BCUT2D eigenvalue weighted by atomic mass is 16.4. The van der Waals surface area contributed by atoms with Crippen molar-refractivity contribution in [1.29, 1.82) is 0 Å². The Morgan fingerprint density at radius 1 is 1.47 bits per heavy atom. The molecule has 0 spiro atoms. The summed E-state index contributed by atoms with van der Waals surface area (Å²) in [6, 6.07) is -1.39. The molecule has 2 amide bonds. The molecule has 1 aliphatic heterocycles. The number of rotatable bonds is 5. The first-order valence-electron chi connectivity index (χ1n) is 6.47. The Kier molecular flexibility index (Phi) is 5.56. The van der Waals surface area contributed by atoms with Gasteiger partial charge >= 0.3 is 12.0 Å². The van der Waals surface area contributed by atoms with Crippen molar-refractivity contribution in [2.45, 2.75) is 38.0 Å². The van der Waals surface area contributed by atoms with E-state index in [-0.39, 0.29) is 12.6 Å². The molecule has 0 saturated carbocycles. The molecule has 0 bridgehead atoms. The van der Waals surface area contributed by atoms with Gasteiger partial charge in [0, 0.05) is 19.1 Å². The molecule has 19 heavy (non-hydrogen) atoms. The number of carbonyl (C=O) groups is 2. The number of urea groups is 1. The van der Waals surface area contributed by atoms with Gasteiger partial charge in [0.15, 0.2) is 0 Å². The Hall–Kier alpha value is -1.34. The number of hydrogen-bond donors (Lipinski definition) is 3. The molecule has 1 aliphatic rings. The SMILES string of the molecule is CC[C@@H](NC(=O)N1CC(O)CC1CN(C)C)C(=O)O. The van der Waals surface area contributed by atoms with Crippen molar-refractivity contribution in [2.75, 3.05) is 27.2 Å². The zero-order valence-electron chi connectivity index (χ0n) is 11.7. The third kappa shape index (κ3) is 4.36. The largest absolute Gasteiger partial charge is 0.480 e. The molecule has 1 saturated heterocycles. The molecular weight excluding hydrogens is 250 g/mol. The molecule has 0 radical (unpaired) electrons. The summed E-state index contributed by atoms with van der Waals surface area (Å²) in [6.45, 7) is 2.60. The van der Waals surface area contributed by atoms with Crippen LogP contribution in [0.3, 0.4) is 0 Å². The van der Waals surface area contributed by atoms with Crippen LogP contribution in [0.1, 0.15) is 19.8 Å². The van der Waals surface area contributed by atoms with Crippen molar-refractivity contribution >= 4 is 12.0 Å². The summed E-state index contributed by atoms with van der Waals surface area (Å²) < 4.78 is 0. The predicted octanol–water partition coefficient (Wildman–Crippen LogP) is -0.444. The van der Waals surface area contributed by atoms with Crippen molar-refractivity contribution in [2.24, 2.45) is 0 Å². The average molecular weight is 273 g/mol. The monoisotopic (exact) mass is 273 g/mol. The van der Waals surface area contributed by atoms with Gasteiger partial charge in [0.25, 0.3) is 0 Å². The molecule has 2 unspecified atom stereocenters. The van der Waals surface area contributed by atoms with Gasteiger partial charge in [0.2, 0.25) is 0 Å². The molecule has 1 rings (SSSR count). The van der Waals surface area contributed by atoms with E-state index in [2.05, 4.69) is 5.32 Å². The number of likely N-dealkylation sites (N-methyl/N-ethyl adjacent to an activating group) is 1. The van der Waals surface area contributed by atoms with E-state index >= 15 is 0 Å². The Morgan fingerprint density at radius 2 is 2.11 bits per heavy atom. The fourth-order valence-electron chi connectivity index (χ4n) is 2.31. The number of carboxylic acids is 1. The molecule has 3 N–H and O–H groups in total. The van der Waals surface area contributed by atoms with E-state index in [0.717, 1.165) is 0 Å².